The summed E-state index contributed by atoms with van der Waals surface area (Å²) in [7, 11) is 0. The van der Waals surface area contributed by atoms with Crippen molar-refractivity contribution in [2.24, 2.45) is 0 Å². The van der Waals surface area contributed by atoms with Gasteiger partial charge < -0.3 is 4.98 Å². The number of H-pyrrole nitrogens is 1. The molecule has 0 bridgehead atoms. The first-order chi connectivity index (χ1) is 9.70. The van der Waals surface area contributed by atoms with Crippen molar-refractivity contribution in [1.82, 2.24) is 15.0 Å². The van der Waals surface area contributed by atoms with Crippen LogP contribution in [0.15, 0.2) is 42.7 Å². The van der Waals surface area contributed by atoms with Crippen LogP contribution in [-0.2, 0) is 11.2 Å². The fourth-order valence-corrected chi connectivity index (χ4v) is 2.16. The molecule has 3 aromatic rings. The predicted molar refractivity (Wildman–Crippen MR) is 77.4 cm³/mol. The van der Waals surface area contributed by atoms with Crippen molar-refractivity contribution in [2.45, 2.75) is 13.3 Å². The van der Waals surface area contributed by atoms with Crippen LogP contribution in [0.2, 0.25) is 0 Å². The second-order valence-corrected chi connectivity index (χ2v) is 4.67. The minimum Gasteiger partial charge on any atom is -0.359 e. The van der Waals surface area contributed by atoms with Crippen LogP contribution in [-0.4, -0.2) is 20.9 Å². The zero-order chi connectivity index (χ0) is 13.9. The largest absolute Gasteiger partial charge is 0.359 e. The van der Waals surface area contributed by atoms with Crippen LogP contribution in [0.5, 0.6) is 0 Å². The van der Waals surface area contributed by atoms with Gasteiger partial charge in [0.25, 0.3) is 0 Å². The zero-order valence-corrected chi connectivity index (χ0v) is 11.1. The fraction of sp³-hybridized carbons (Fsp3) is 0.133. The van der Waals surface area contributed by atoms with Crippen molar-refractivity contribution >= 4 is 22.8 Å². The predicted octanol–water partition coefficient (Wildman–Crippen LogP) is 2.45. The van der Waals surface area contributed by atoms with Crippen molar-refractivity contribution < 1.29 is 4.79 Å². The molecule has 3 rings (SSSR count). The smallest absolute Gasteiger partial charge is 0.231 e. The summed E-state index contributed by atoms with van der Waals surface area (Å²) in [5.74, 6) is 0.207. The highest BCUT2D eigenvalue weighted by Crippen LogP contribution is 2.17. The lowest BCUT2D eigenvalue weighted by molar-refractivity contribution is -0.115. The van der Waals surface area contributed by atoms with Crippen molar-refractivity contribution in [3.8, 4) is 0 Å². The second kappa shape index (κ2) is 5.13. The van der Waals surface area contributed by atoms with E-state index >= 15 is 0 Å². The lowest BCUT2D eigenvalue weighted by Gasteiger charge is -2.03. The maximum absolute atomic E-state index is 11.9. The molecule has 0 unspecified atom stereocenters. The Hall–Kier alpha value is -2.69. The summed E-state index contributed by atoms with van der Waals surface area (Å²) in [6.45, 7) is 2.01. The van der Waals surface area contributed by atoms with E-state index in [1.54, 1.807) is 18.5 Å². The molecule has 1 aromatic carbocycles. The number of nitrogens with zero attached hydrogens (tertiary/aromatic N) is 2. The molecule has 2 heterocycles. The van der Waals surface area contributed by atoms with E-state index in [1.807, 2.05) is 25.1 Å². The Morgan fingerprint density at radius 1 is 1.25 bits per heavy atom. The van der Waals surface area contributed by atoms with Gasteiger partial charge in [0.15, 0.2) is 0 Å². The summed E-state index contributed by atoms with van der Waals surface area (Å²) < 4.78 is 0. The first-order valence-electron chi connectivity index (χ1n) is 6.36. The summed E-state index contributed by atoms with van der Waals surface area (Å²) in [5, 5.41) is 3.79. The quantitative estimate of drug-likeness (QED) is 0.765. The number of anilines is 1. The molecule has 0 saturated carbocycles. The molecule has 2 N–H and O–H groups in total. The summed E-state index contributed by atoms with van der Waals surface area (Å²) in [6.07, 6.45) is 3.49. The van der Waals surface area contributed by atoms with Crippen molar-refractivity contribution in [3.05, 3.63) is 54.0 Å². The van der Waals surface area contributed by atoms with Gasteiger partial charge in [-0.15, -0.1) is 0 Å². The monoisotopic (exact) mass is 266 g/mol. The van der Waals surface area contributed by atoms with Crippen molar-refractivity contribution in [2.75, 3.05) is 5.32 Å². The summed E-state index contributed by atoms with van der Waals surface area (Å²) >= 11 is 0. The van der Waals surface area contributed by atoms with Gasteiger partial charge in [0.1, 0.15) is 0 Å². The van der Waals surface area contributed by atoms with Crippen LogP contribution in [0.4, 0.5) is 5.95 Å². The van der Waals surface area contributed by atoms with Crippen LogP contribution in [0.25, 0.3) is 10.9 Å². The number of aryl methyl sites for hydroxylation is 1. The molecule has 0 aliphatic rings. The Kier molecular flexibility index (Phi) is 3.16. The van der Waals surface area contributed by atoms with Gasteiger partial charge in [0, 0.05) is 23.6 Å². The molecule has 0 saturated heterocycles. The number of hydrogen-bond acceptors (Lipinski definition) is 3. The molecule has 100 valence electrons. The highest BCUT2D eigenvalue weighted by molar-refractivity contribution is 5.91. The van der Waals surface area contributed by atoms with Crippen molar-refractivity contribution in [1.29, 1.82) is 0 Å². The molecular formula is C15H14N4O. The fourth-order valence-electron chi connectivity index (χ4n) is 2.16. The third-order valence-corrected chi connectivity index (χ3v) is 3.00. The summed E-state index contributed by atoms with van der Waals surface area (Å²) in [5.41, 5.74) is 3.15. The van der Waals surface area contributed by atoms with Crippen LogP contribution in [0, 0.1) is 6.92 Å². The van der Waals surface area contributed by atoms with Crippen LogP contribution < -0.4 is 5.32 Å². The van der Waals surface area contributed by atoms with Gasteiger partial charge in [-0.2, -0.15) is 0 Å². The number of fused-ring (bicyclic) bond motifs is 1. The number of rotatable bonds is 3. The topological polar surface area (TPSA) is 70.7 Å². The maximum atomic E-state index is 11.9. The van der Waals surface area contributed by atoms with E-state index in [1.165, 1.54) is 0 Å². The Morgan fingerprint density at radius 2 is 2.05 bits per heavy atom. The van der Waals surface area contributed by atoms with E-state index in [0.717, 1.165) is 22.2 Å². The van der Waals surface area contributed by atoms with E-state index < -0.39 is 0 Å². The molecule has 0 spiro atoms. The molecule has 0 aliphatic carbocycles. The number of benzene rings is 1. The normalized spacial score (nSPS) is 10.7. The number of hydrogen-bond donors (Lipinski definition) is 2. The molecular weight excluding hydrogens is 252 g/mol. The Labute approximate surface area is 116 Å². The molecule has 5 nitrogen and oxygen atoms in total. The maximum Gasteiger partial charge on any atom is 0.231 e. The van der Waals surface area contributed by atoms with E-state index in [2.05, 4.69) is 26.3 Å². The lowest BCUT2D eigenvalue weighted by Crippen LogP contribution is -2.16. The van der Waals surface area contributed by atoms with Gasteiger partial charge in [-0.25, -0.2) is 9.97 Å². The Balaban J connectivity index is 1.74. The molecule has 20 heavy (non-hydrogen) atoms. The molecule has 0 atom stereocenters. The van der Waals surface area contributed by atoms with Crippen LogP contribution in [0.3, 0.4) is 0 Å². The third-order valence-electron chi connectivity index (χ3n) is 3.00. The van der Waals surface area contributed by atoms with Gasteiger partial charge in [0.2, 0.25) is 11.9 Å². The summed E-state index contributed by atoms with van der Waals surface area (Å²) in [6, 6.07) is 9.73. The van der Waals surface area contributed by atoms with E-state index in [9.17, 15) is 4.79 Å². The SMILES string of the molecule is Cc1cc2cc(CC(=O)Nc3ncccn3)ccc2[nH]1. The van der Waals surface area contributed by atoms with Gasteiger partial charge in [-0.1, -0.05) is 6.07 Å². The minimum atomic E-state index is -0.122. The first kappa shape index (κ1) is 12.3. The standard InChI is InChI=1S/C15H14N4O/c1-10-7-12-8-11(3-4-13(12)18-10)9-14(20)19-15-16-5-2-6-17-15/h2-8,18H,9H2,1H3,(H,16,17,19,20). The van der Waals surface area contributed by atoms with Crippen LogP contribution in [0.1, 0.15) is 11.3 Å². The Bertz CT molecular complexity index is 749. The number of nitrogens with one attached hydrogen (secondary N) is 2. The second-order valence-electron chi connectivity index (χ2n) is 4.67. The van der Waals surface area contributed by atoms with E-state index in [4.69, 9.17) is 0 Å². The molecule has 0 radical (unpaired) electrons. The molecule has 0 aliphatic heterocycles. The number of aromatic nitrogens is 3. The van der Waals surface area contributed by atoms with E-state index in [-0.39, 0.29) is 5.91 Å². The number of carbonyl (C=O) groups is 1. The number of carbonyl (C=O) groups excluding carboxylic acids is 1. The minimum absolute atomic E-state index is 0.122. The zero-order valence-electron chi connectivity index (χ0n) is 11.1. The average Bonchev–Trinajstić information content (AvgIpc) is 2.79. The first-order valence-corrected chi connectivity index (χ1v) is 6.36. The highest BCUT2D eigenvalue weighted by Gasteiger charge is 2.06. The van der Waals surface area contributed by atoms with Gasteiger partial charge in [-0.3, -0.25) is 10.1 Å². The average molecular weight is 266 g/mol. The third kappa shape index (κ3) is 2.66. The van der Waals surface area contributed by atoms with Gasteiger partial charge in [0.05, 0.1) is 6.42 Å². The van der Waals surface area contributed by atoms with Crippen molar-refractivity contribution in [3.63, 3.8) is 0 Å². The number of amides is 1. The summed E-state index contributed by atoms with van der Waals surface area (Å²) in [4.78, 5) is 23.1. The van der Waals surface area contributed by atoms with Crippen LogP contribution >= 0.6 is 0 Å². The van der Waals surface area contributed by atoms with Gasteiger partial charge >= 0.3 is 0 Å². The molecule has 2 aromatic heterocycles. The molecule has 5 heteroatoms. The molecule has 1 amide bonds. The Morgan fingerprint density at radius 3 is 2.85 bits per heavy atom. The van der Waals surface area contributed by atoms with Gasteiger partial charge in [-0.05, 0) is 42.1 Å². The highest BCUT2D eigenvalue weighted by atomic mass is 16.1. The molecule has 0 fully saturated rings. The van der Waals surface area contributed by atoms with E-state index in [0.29, 0.717) is 12.4 Å². The lowest BCUT2D eigenvalue weighted by atomic mass is 10.1. The number of aromatic amines is 1.